The molecule has 1 atom stereocenters. The number of sulfonamides is 1. The van der Waals surface area contributed by atoms with Crippen molar-refractivity contribution in [3.63, 3.8) is 0 Å². The van der Waals surface area contributed by atoms with Gasteiger partial charge in [0.1, 0.15) is 11.9 Å². The van der Waals surface area contributed by atoms with Crippen molar-refractivity contribution >= 4 is 21.4 Å². The second-order valence-electron chi connectivity index (χ2n) is 7.96. The van der Waals surface area contributed by atoms with E-state index in [2.05, 4.69) is 21.9 Å². The third-order valence-electron chi connectivity index (χ3n) is 6.27. The summed E-state index contributed by atoms with van der Waals surface area (Å²) in [7, 11) is -1.86. The molecule has 8 heteroatoms. The molecule has 0 spiro atoms. The molecule has 3 aliphatic heterocycles. The van der Waals surface area contributed by atoms with E-state index in [0.29, 0.717) is 31.2 Å². The van der Waals surface area contributed by atoms with Crippen LogP contribution >= 0.6 is 0 Å². The van der Waals surface area contributed by atoms with Crippen LogP contribution in [0.4, 0.5) is 11.4 Å². The molecule has 2 fully saturated rings. The summed E-state index contributed by atoms with van der Waals surface area (Å²) in [6.45, 7) is 3.45. The molecule has 2 saturated heterocycles. The number of hydrogen-bond donors (Lipinski definition) is 0. The van der Waals surface area contributed by atoms with E-state index in [4.69, 9.17) is 9.47 Å². The van der Waals surface area contributed by atoms with Crippen LogP contribution in [0.2, 0.25) is 0 Å². The largest absolute Gasteiger partial charge is 0.497 e. The standard InChI is InChI=1S/C22H27N3O4S/c1-28-18-6-4-17(5-7-18)16-25-21-15-19(30(26,27)23-11-13-29-14-12-23)8-9-20(21)24-10-2-3-22(24)25/h4-9,15,22H,2-3,10-14,16H2,1H3/t22-/m1/s1. The molecular formula is C22H27N3O4S. The molecule has 0 N–H and O–H groups in total. The predicted octanol–water partition coefficient (Wildman–Crippen LogP) is 2.66. The second kappa shape index (κ2) is 7.76. The first-order chi connectivity index (χ1) is 14.6. The van der Waals surface area contributed by atoms with Crippen LogP contribution in [0.15, 0.2) is 47.4 Å². The van der Waals surface area contributed by atoms with Crippen LogP contribution in [0.5, 0.6) is 5.75 Å². The molecule has 2 aromatic carbocycles. The first-order valence-corrected chi connectivity index (χ1v) is 11.9. The highest BCUT2D eigenvalue weighted by Gasteiger charge is 2.40. The molecule has 30 heavy (non-hydrogen) atoms. The maximum absolute atomic E-state index is 13.2. The Morgan fingerprint density at radius 1 is 1.03 bits per heavy atom. The zero-order valence-electron chi connectivity index (χ0n) is 17.2. The molecular weight excluding hydrogens is 402 g/mol. The van der Waals surface area contributed by atoms with E-state index in [-0.39, 0.29) is 6.17 Å². The maximum atomic E-state index is 13.2. The fourth-order valence-corrected chi connectivity index (χ4v) is 6.13. The number of rotatable bonds is 5. The minimum absolute atomic E-state index is 0.281. The lowest BCUT2D eigenvalue weighted by atomic mass is 10.1. The van der Waals surface area contributed by atoms with Crippen molar-refractivity contribution in [2.75, 3.05) is 49.8 Å². The zero-order valence-corrected chi connectivity index (χ0v) is 18.0. The van der Waals surface area contributed by atoms with Crippen LogP contribution in [0.3, 0.4) is 0 Å². The molecule has 160 valence electrons. The number of fused-ring (bicyclic) bond motifs is 3. The number of nitrogens with zero attached hydrogens (tertiary/aromatic N) is 3. The minimum Gasteiger partial charge on any atom is -0.497 e. The molecule has 0 aliphatic carbocycles. The van der Waals surface area contributed by atoms with E-state index in [0.717, 1.165) is 43.1 Å². The van der Waals surface area contributed by atoms with Gasteiger partial charge in [0.15, 0.2) is 0 Å². The van der Waals surface area contributed by atoms with Gasteiger partial charge in [-0.3, -0.25) is 0 Å². The summed E-state index contributed by atoms with van der Waals surface area (Å²) in [5, 5.41) is 0. The van der Waals surface area contributed by atoms with E-state index in [1.54, 1.807) is 13.2 Å². The molecule has 0 amide bonds. The van der Waals surface area contributed by atoms with Crippen LogP contribution in [0, 0.1) is 0 Å². The zero-order chi connectivity index (χ0) is 20.7. The summed E-state index contributed by atoms with van der Waals surface area (Å²) in [5.41, 5.74) is 3.31. The van der Waals surface area contributed by atoms with Gasteiger partial charge >= 0.3 is 0 Å². The smallest absolute Gasteiger partial charge is 0.243 e. The summed E-state index contributed by atoms with van der Waals surface area (Å²) in [4.78, 5) is 5.12. The van der Waals surface area contributed by atoms with Gasteiger partial charge in [-0.05, 0) is 48.7 Å². The molecule has 0 bridgehead atoms. The summed E-state index contributed by atoms with van der Waals surface area (Å²) in [5.74, 6) is 0.835. The predicted molar refractivity (Wildman–Crippen MR) is 116 cm³/mol. The van der Waals surface area contributed by atoms with Crippen molar-refractivity contribution < 1.29 is 17.9 Å². The SMILES string of the molecule is COc1ccc(CN2c3cc(S(=O)(=O)N4CCOCC4)ccc3N3CCC[C@H]32)cc1. The molecule has 0 unspecified atom stereocenters. The van der Waals surface area contributed by atoms with Gasteiger partial charge in [0.2, 0.25) is 10.0 Å². The summed E-state index contributed by atoms with van der Waals surface area (Å²) < 4.78 is 38.5. The third kappa shape index (κ3) is 3.33. The van der Waals surface area contributed by atoms with Gasteiger partial charge in [-0.15, -0.1) is 0 Å². The number of morpholine rings is 1. The highest BCUT2D eigenvalue weighted by molar-refractivity contribution is 7.89. The summed E-state index contributed by atoms with van der Waals surface area (Å²) in [6.07, 6.45) is 2.51. The van der Waals surface area contributed by atoms with Crippen molar-refractivity contribution in [1.29, 1.82) is 0 Å². The van der Waals surface area contributed by atoms with E-state index < -0.39 is 10.0 Å². The topological polar surface area (TPSA) is 62.3 Å². The van der Waals surface area contributed by atoms with E-state index in [9.17, 15) is 8.42 Å². The lowest BCUT2D eigenvalue weighted by Gasteiger charge is -2.28. The summed E-state index contributed by atoms with van der Waals surface area (Å²) >= 11 is 0. The Labute approximate surface area is 177 Å². The Morgan fingerprint density at radius 3 is 2.53 bits per heavy atom. The molecule has 3 aliphatic rings. The van der Waals surface area contributed by atoms with Gasteiger partial charge in [0.05, 0.1) is 36.6 Å². The van der Waals surface area contributed by atoms with E-state index in [1.807, 2.05) is 24.3 Å². The Bertz CT molecular complexity index is 1020. The molecule has 7 nitrogen and oxygen atoms in total. The highest BCUT2D eigenvalue weighted by Crippen LogP contribution is 2.45. The van der Waals surface area contributed by atoms with Crippen LogP contribution in [-0.2, 0) is 21.3 Å². The van der Waals surface area contributed by atoms with E-state index in [1.165, 1.54) is 9.87 Å². The first-order valence-electron chi connectivity index (χ1n) is 10.5. The van der Waals surface area contributed by atoms with Gasteiger partial charge in [-0.2, -0.15) is 4.31 Å². The van der Waals surface area contributed by atoms with Crippen molar-refractivity contribution in [2.45, 2.75) is 30.4 Å². The van der Waals surface area contributed by atoms with Crippen molar-refractivity contribution in [1.82, 2.24) is 4.31 Å². The van der Waals surface area contributed by atoms with Gasteiger partial charge in [0, 0.05) is 26.2 Å². The van der Waals surface area contributed by atoms with Gasteiger partial charge in [-0.25, -0.2) is 8.42 Å². The van der Waals surface area contributed by atoms with Crippen LogP contribution < -0.4 is 14.5 Å². The minimum atomic E-state index is -3.52. The molecule has 3 heterocycles. The first kappa shape index (κ1) is 19.7. The van der Waals surface area contributed by atoms with Crippen LogP contribution in [0.25, 0.3) is 0 Å². The fraction of sp³-hybridized carbons (Fsp3) is 0.455. The number of methoxy groups -OCH3 is 1. The highest BCUT2D eigenvalue weighted by atomic mass is 32.2. The van der Waals surface area contributed by atoms with Gasteiger partial charge < -0.3 is 19.3 Å². The maximum Gasteiger partial charge on any atom is 0.243 e. The molecule has 2 aromatic rings. The summed E-state index contributed by atoms with van der Waals surface area (Å²) in [6, 6.07) is 13.7. The molecule has 0 radical (unpaired) electrons. The Kier molecular flexibility index (Phi) is 5.08. The average Bonchev–Trinajstić information content (AvgIpc) is 3.37. The Balaban J connectivity index is 1.48. The van der Waals surface area contributed by atoms with Gasteiger partial charge in [0.25, 0.3) is 0 Å². The fourth-order valence-electron chi connectivity index (χ4n) is 4.71. The Morgan fingerprint density at radius 2 is 1.80 bits per heavy atom. The van der Waals surface area contributed by atoms with Crippen molar-refractivity contribution in [2.24, 2.45) is 0 Å². The average molecular weight is 430 g/mol. The monoisotopic (exact) mass is 429 g/mol. The normalized spacial score (nSPS) is 21.6. The molecule has 5 rings (SSSR count). The van der Waals surface area contributed by atoms with E-state index >= 15 is 0 Å². The number of anilines is 2. The van der Waals surface area contributed by atoms with Crippen molar-refractivity contribution in [3.8, 4) is 5.75 Å². The third-order valence-corrected chi connectivity index (χ3v) is 8.16. The second-order valence-corrected chi connectivity index (χ2v) is 9.90. The molecule has 0 aromatic heterocycles. The molecule has 0 saturated carbocycles. The van der Waals surface area contributed by atoms with Crippen LogP contribution in [0.1, 0.15) is 18.4 Å². The lowest BCUT2D eigenvalue weighted by Crippen LogP contribution is -2.40. The lowest BCUT2D eigenvalue weighted by molar-refractivity contribution is 0.0730. The number of ether oxygens (including phenoxy) is 2. The Hall–Kier alpha value is -2.29. The van der Waals surface area contributed by atoms with Crippen LogP contribution in [-0.4, -0.2) is 58.8 Å². The van der Waals surface area contributed by atoms with Gasteiger partial charge in [-0.1, -0.05) is 12.1 Å². The quantitative estimate of drug-likeness (QED) is 0.728. The number of benzene rings is 2. The number of hydrogen-bond acceptors (Lipinski definition) is 6. The van der Waals surface area contributed by atoms with Crippen molar-refractivity contribution in [3.05, 3.63) is 48.0 Å².